The third-order valence-electron chi connectivity index (χ3n) is 3.63. The molecule has 0 aromatic heterocycles. The first kappa shape index (κ1) is 18.9. The average Bonchev–Trinajstić information content (AvgIpc) is 2.61. The van der Waals surface area contributed by atoms with E-state index >= 15 is 0 Å². The van der Waals surface area contributed by atoms with Crippen LogP contribution in [0.4, 0.5) is 17.1 Å². The van der Waals surface area contributed by atoms with Crippen molar-refractivity contribution in [1.82, 2.24) is 0 Å². The molecule has 0 aliphatic rings. The van der Waals surface area contributed by atoms with Crippen molar-refractivity contribution in [2.24, 2.45) is 0 Å². The number of carbonyl (C=O) groups is 2. The van der Waals surface area contributed by atoms with Gasteiger partial charge in [0.05, 0.1) is 10.5 Å². The molecular formula is C18H19N3O5. The smallest absolute Gasteiger partial charge is 0.338 e. The Bertz CT molecular complexity index is 848. The Balaban J connectivity index is 1.95. The van der Waals surface area contributed by atoms with E-state index in [9.17, 15) is 19.7 Å². The van der Waals surface area contributed by atoms with Gasteiger partial charge < -0.3 is 15.0 Å². The first-order valence-corrected chi connectivity index (χ1v) is 7.77. The van der Waals surface area contributed by atoms with Gasteiger partial charge in [0.25, 0.3) is 11.6 Å². The number of anilines is 2. The highest BCUT2D eigenvalue weighted by atomic mass is 16.6. The summed E-state index contributed by atoms with van der Waals surface area (Å²) in [5.41, 5.74) is 2.08. The molecule has 2 aromatic carbocycles. The summed E-state index contributed by atoms with van der Waals surface area (Å²) in [7, 11) is 3.70. The largest absolute Gasteiger partial charge is 0.452 e. The molecule has 8 heteroatoms. The Morgan fingerprint density at radius 1 is 1.19 bits per heavy atom. The van der Waals surface area contributed by atoms with Crippen molar-refractivity contribution in [2.45, 2.75) is 6.92 Å². The number of benzene rings is 2. The van der Waals surface area contributed by atoms with Crippen LogP contribution in [0.1, 0.15) is 15.9 Å². The van der Waals surface area contributed by atoms with E-state index in [-0.39, 0.29) is 5.69 Å². The zero-order valence-corrected chi connectivity index (χ0v) is 14.7. The van der Waals surface area contributed by atoms with Gasteiger partial charge in [-0.2, -0.15) is 0 Å². The molecule has 2 aromatic rings. The van der Waals surface area contributed by atoms with Crippen molar-refractivity contribution < 1.29 is 19.2 Å². The summed E-state index contributed by atoms with van der Waals surface area (Å²) in [5, 5.41) is 13.3. The van der Waals surface area contributed by atoms with Crippen LogP contribution in [0.3, 0.4) is 0 Å². The van der Waals surface area contributed by atoms with E-state index in [1.807, 2.05) is 25.1 Å². The van der Waals surface area contributed by atoms with Crippen LogP contribution in [0, 0.1) is 17.0 Å². The fourth-order valence-corrected chi connectivity index (χ4v) is 2.21. The molecule has 136 valence electrons. The summed E-state index contributed by atoms with van der Waals surface area (Å²) < 4.78 is 5.02. The average molecular weight is 357 g/mol. The molecule has 0 bridgehead atoms. The van der Waals surface area contributed by atoms with Crippen LogP contribution < -0.4 is 10.2 Å². The molecule has 0 unspecified atom stereocenters. The maximum atomic E-state index is 12.1. The minimum absolute atomic E-state index is 0.0623. The summed E-state index contributed by atoms with van der Waals surface area (Å²) in [6.45, 7) is 1.18. The predicted molar refractivity (Wildman–Crippen MR) is 97.5 cm³/mol. The maximum Gasteiger partial charge on any atom is 0.338 e. The number of carbonyl (C=O) groups excluding carboxylic acids is 2. The van der Waals surface area contributed by atoms with Crippen LogP contribution in [0.5, 0.6) is 0 Å². The number of nitrogens with one attached hydrogen (secondary N) is 1. The second-order valence-electron chi connectivity index (χ2n) is 5.83. The lowest BCUT2D eigenvalue weighted by molar-refractivity contribution is -0.384. The standard InChI is InChI=1S/C18H19N3O5/c1-12-9-15(21(24)25)7-8-16(12)19-17(22)11-26-18(23)13-5-4-6-14(10-13)20(2)3/h4-10H,11H2,1-3H3,(H,19,22). The van der Waals surface area contributed by atoms with Gasteiger partial charge in [-0.25, -0.2) is 4.79 Å². The second kappa shape index (κ2) is 8.11. The lowest BCUT2D eigenvalue weighted by Crippen LogP contribution is -2.21. The fraction of sp³-hybridized carbons (Fsp3) is 0.222. The van der Waals surface area contributed by atoms with Crippen molar-refractivity contribution in [2.75, 3.05) is 30.9 Å². The fourth-order valence-electron chi connectivity index (χ4n) is 2.21. The van der Waals surface area contributed by atoms with Crippen LogP contribution in [0.15, 0.2) is 42.5 Å². The topological polar surface area (TPSA) is 102 Å². The molecule has 8 nitrogen and oxygen atoms in total. The first-order chi connectivity index (χ1) is 12.3. The number of ether oxygens (including phenoxy) is 1. The zero-order valence-electron chi connectivity index (χ0n) is 14.7. The van der Waals surface area contributed by atoms with E-state index < -0.39 is 23.4 Å². The van der Waals surface area contributed by atoms with Gasteiger partial charge in [-0.05, 0) is 36.8 Å². The Kier molecular flexibility index (Phi) is 5.90. The number of aryl methyl sites for hydroxylation is 1. The summed E-state index contributed by atoms with van der Waals surface area (Å²) in [4.78, 5) is 36.1. The molecule has 26 heavy (non-hydrogen) atoms. The van der Waals surface area contributed by atoms with Gasteiger partial charge in [-0.1, -0.05) is 6.07 Å². The molecule has 0 heterocycles. The third-order valence-corrected chi connectivity index (χ3v) is 3.63. The van der Waals surface area contributed by atoms with Crippen molar-refractivity contribution >= 4 is 28.9 Å². The van der Waals surface area contributed by atoms with Crippen LogP contribution in [0.2, 0.25) is 0 Å². The highest BCUT2D eigenvalue weighted by Gasteiger charge is 2.13. The third kappa shape index (κ3) is 4.79. The van der Waals surface area contributed by atoms with Crippen LogP contribution in [-0.2, 0) is 9.53 Å². The molecule has 0 spiro atoms. The van der Waals surface area contributed by atoms with Crippen LogP contribution in [-0.4, -0.2) is 37.5 Å². The number of amides is 1. The first-order valence-electron chi connectivity index (χ1n) is 7.77. The summed E-state index contributed by atoms with van der Waals surface area (Å²) in [5.74, 6) is -1.14. The maximum absolute atomic E-state index is 12.1. The molecule has 0 aliphatic heterocycles. The van der Waals surface area contributed by atoms with Gasteiger partial charge in [-0.15, -0.1) is 0 Å². The summed E-state index contributed by atoms with van der Waals surface area (Å²) in [6.07, 6.45) is 0. The van der Waals surface area contributed by atoms with Crippen molar-refractivity contribution in [3.63, 3.8) is 0 Å². The van der Waals surface area contributed by atoms with Gasteiger partial charge >= 0.3 is 5.97 Å². The summed E-state index contributed by atoms with van der Waals surface area (Å²) in [6, 6.07) is 10.9. The van der Waals surface area contributed by atoms with E-state index in [2.05, 4.69) is 5.32 Å². The molecule has 0 radical (unpaired) electrons. The van der Waals surface area contributed by atoms with Gasteiger partial charge in [0.15, 0.2) is 6.61 Å². The molecule has 1 N–H and O–H groups in total. The Morgan fingerprint density at radius 3 is 2.54 bits per heavy atom. The highest BCUT2D eigenvalue weighted by molar-refractivity contribution is 5.96. The lowest BCUT2D eigenvalue weighted by Gasteiger charge is -2.13. The van der Waals surface area contributed by atoms with Crippen molar-refractivity contribution in [3.8, 4) is 0 Å². The Morgan fingerprint density at radius 2 is 1.92 bits per heavy atom. The zero-order chi connectivity index (χ0) is 19.3. The number of non-ortho nitro benzene ring substituents is 1. The quantitative estimate of drug-likeness (QED) is 0.484. The normalized spacial score (nSPS) is 10.1. The molecule has 0 atom stereocenters. The number of nitrogens with zero attached hydrogens (tertiary/aromatic N) is 2. The highest BCUT2D eigenvalue weighted by Crippen LogP contribution is 2.21. The van der Waals surface area contributed by atoms with Gasteiger partial charge in [0, 0.05) is 37.6 Å². The van der Waals surface area contributed by atoms with Gasteiger partial charge in [0.1, 0.15) is 0 Å². The Labute approximate surface area is 150 Å². The molecule has 1 amide bonds. The number of nitro benzene ring substituents is 1. The van der Waals surface area contributed by atoms with E-state index in [4.69, 9.17) is 4.74 Å². The minimum Gasteiger partial charge on any atom is -0.452 e. The van der Waals surface area contributed by atoms with Crippen LogP contribution in [0.25, 0.3) is 0 Å². The Hall–Kier alpha value is -3.42. The lowest BCUT2D eigenvalue weighted by atomic mass is 10.2. The number of esters is 1. The minimum atomic E-state index is -0.607. The molecule has 2 rings (SSSR count). The van der Waals surface area contributed by atoms with Gasteiger partial charge in [-0.3, -0.25) is 14.9 Å². The summed E-state index contributed by atoms with van der Waals surface area (Å²) >= 11 is 0. The predicted octanol–water partition coefficient (Wildman–Crippen LogP) is 2.76. The monoisotopic (exact) mass is 357 g/mol. The number of hydrogen-bond acceptors (Lipinski definition) is 6. The molecule has 0 saturated carbocycles. The molecule has 0 saturated heterocycles. The SMILES string of the molecule is Cc1cc([N+](=O)[O-])ccc1NC(=O)COC(=O)c1cccc(N(C)C)c1. The van der Waals surface area contributed by atoms with Crippen molar-refractivity contribution in [1.29, 1.82) is 0 Å². The van der Waals surface area contributed by atoms with Crippen LogP contribution >= 0.6 is 0 Å². The molecule has 0 fully saturated rings. The second-order valence-corrected chi connectivity index (χ2v) is 5.83. The number of nitro groups is 1. The molecular weight excluding hydrogens is 338 g/mol. The van der Waals surface area contributed by atoms with E-state index in [0.717, 1.165) is 5.69 Å². The van der Waals surface area contributed by atoms with E-state index in [1.165, 1.54) is 18.2 Å². The molecule has 0 aliphatic carbocycles. The number of rotatable bonds is 6. The van der Waals surface area contributed by atoms with Crippen molar-refractivity contribution in [3.05, 3.63) is 63.7 Å². The van der Waals surface area contributed by atoms with Gasteiger partial charge in [0.2, 0.25) is 0 Å². The number of hydrogen-bond donors (Lipinski definition) is 1. The van der Waals surface area contributed by atoms with E-state index in [1.54, 1.807) is 25.1 Å². The van der Waals surface area contributed by atoms with E-state index in [0.29, 0.717) is 16.8 Å².